The molecule has 0 saturated heterocycles. The Labute approximate surface area is 125 Å². The molecule has 1 amide bonds. The number of amides is 1. The van der Waals surface area contributed by atoms with Crippen LogP contribution in [-0.2, 0) is 9.59 Å². The lowest BCUT2D eigenvalue weighted by Gasteiger charge is -2.24. The first-order valence-electron chi connectivity index (χ1n) is 5.71. The highest BCUT2D eigenvalue weighted by atomic mass is 79.9. The summed E-state index contributed by atoms with van der Waals surface area (Å²) in [4.78, 5) is 23.7. The standard InChI is InChI=1S/C13H16BrNO3S/c1-8(11(16)17)15-12(18)13(2,3)19-10-6-4-9(14)5-7-10/h4-8H,1-3H3,(H,15,18)(H,16,17). The zero-order valence-corrected chi connectivity index (χ0v) is 13.3. The van der Waals surface area contributed by atoms with Crippen LogP contribution >= 0.6 is 27.7 Å². The fourth-order valence-electron chi connectivity index (χ4n) is 1.28. The first-order chi connectivity index (χ1) is 8.72. The normalized spacial score (nSPS) is 12.8. The third-order valence-electron chi connectivity index (χ3n) is 2.45. The molecule has 0 heterocycles. The van der Waals surface area contributed by atoms with Crippen molar-refractivity contribution in [1.82, 2.24) is 5.32 Å². The van der Waals surface area contributed by atoms with Crippen molar-refractivity contribution >= 4 is 39.6 Å². The third kappa shape index (κ3) is 4.87. The molecule has 0 aliphatic rings. The van der Waals surface area contributed by atoms with Gasteiger partial charge in [0.05, 0.1) is 4.75 Å². The molecule has 0 saturated carbocycles. The Morgan fingerprint density at radius 1 is 1.32 bits per heavy atom. The van der Waals surface area contributed by atoms with Crippen LogP contribution < -0.4 is 5.32 Å². The van der Waals surface area contributed by atoms with Crippen molar-refractivity contribution in [1.29, 1.82) is 0 Å². The number of carbonyl (C=O) groups excluding carboxylic acids is 1. The van der Waals surface area contributed by atoms with Crippen molar-refractivity contribution in [3.05, 3.63) is 28.7 Å². The van der Waals surface area contributed by atoms with E-state index in [9.17, 15) is 9.59 Å². The van der Waals surface area contributed by atoms with Crippen LogP contribution in [0.5, 0.6) is 0 Å². The minimum atomic E-state index is -1.04. The largest absolute Gasteiger partial charge is 0.480 e. The quantitative estimate of drug-likeness (QED) is 0.805. The highest BCUT2D eigenvalue weighted by Crippen LogP contribution is 2.33. The van der Waals surface area contributed by atoms with Crippen LogP contribution in [-0.4, -0.2) is 27.8 Å². The van der Waals surface area contributed by atoms with Gasteiger partial charge in [-0.15, -0.1) is 11.8 Å². The number of hydrogen-bond donors (Lipinski definition) is 2. The van der Waals surface area contributed by atoms with E-state index in [1.54, 1.807) is 13.8 Å². The Bertz CT molecular complexity index is 473. The van der Waals surface area contributed by atoms with Gasteiger partial charge in [-0.05, 0) is 45.0 Å². The molecular weight excluding hydrogens is 330 g/mol. The van der Waals surface area contributed by atoms with Crippen molar-refractivity contribution in [2.45, 2.75) is 36.5 Å². The first-order valence-corrected chi connectivity index (χ1v) is 7.31. The summed E-state index contributed by atoms with van der Waals surface area (Å²) in [6, 6.07) is 6.72. The van der Waals surface area contributed by atoms with Crippen LogP contribution in [0, 0.1) is 0 Å². The van der Waals surface area contributed by atoms with Crippen molar-refractivity contribution in [3.63, 3.8) is 0 Å². The van der Waals surface area contributed by atoms with E-state index in [4.69, 9.17) is 5.11 Å². The number of benzene rings is 1. The number of hydrogen-bond acceptors (Lipinski definition) is 3. The summed E-state index contributed by atoms with van der Waals surface area (Å²) >= 11 is 4.74. The minimum absolute atomic E-state index is 0.296. The molecule has 1 aromatic carbocycles. The fourth-order valence-corrected chi connectivity index (χ4v) is 2.55. The van der Waals surface area contributed by atoms with Gasteiger partial charge >= 0.3 is 5.97 Å². The first kappa shape index (κ1) is 16.0. The molecule has 0 fully saturated rings. The maximum atomic E-state index is 12.0. The van der Waals surface area contributed by atoms with Gasteiger partial charge in [-0.25, -0.2) is 0 Å². The van der Waals surface area contributed by atoms with Crippen molar-refractivity contribution in [2.75, 3.05) is 0 Å². The summed E-state index contributed by atoms with van der Waals surface area (Å²) in [5.74, 6) is -1.34. The molecule has 1 unspecified atom stereocenters. The van der Waals surface area contributed by atoms with Crippen molar-refractivity contribution < 1.29 is 14.7 Å². The van der Waals surface area contributed by atoms with Crippen molar-refractivity contribution in [2.24, 2.45) is 0 Å². The third-order valence-corrected chi connectivity index (χ3v) is 4.18. The van der Waals surface area contributed by atoms with Gasteiger partial charge in [-0.2, -0.15) is 0 Å². The number of thioether (sulfide) groups is 1. The Morgan fingerprint density at radius 2 is 1.84 bits per heavy atom. The number of aliphatic carboxylic acids is 1. The number of rotatable bonds is 5. The molecule has 4 nitrogen and oxygen atoms in total. The molecule has 0 aromatic heterocycles. The molecule has 19 heavy (non-hydrogen) atoms. The van der Waals surface area contributed by atoms with Gasteiger partial charge in [0, 0.05) is 9.37 Å². The molecule has 0 spiro atoms. The molecule has 1 atom stereocenters. The molecule has 1 aromatic rings. The van der Waals surface area contributed by atoms with E-state index in [0.29, 0.717) is 0 Å². The van der Waals surface area contributed by atoms with Gasteiger partial charge in [0.15, 0.2) is 0 Å². The second-order valence-corrected chi connectivity index (χ2v) is 7.21. The van der Waals surface area contributed by atoms with Gasteiger partial charge < -0.3 is 10.4 Å². The zero-order chi connectivity index (χ0) is 14.6. The van der Waals surface area contributed by atoms with Gasteiger partial charge in [0.25, 0.3) is 0 Å². The minimum Gasteiger partial charge on any atom is -0.480 e. The average Bonchev–Trinajstić information content (AvgIpc) is 2.31. The summed E-state index contributed by atoms with van der Waals surface area (Å²) < 4.78 is 0.232. The van der Waals surface area contributed by atoms with Gasteiger partial charge in [-0.3, -0.25) is 9.59 Å². The van der Waals surface area contributed by atoms with Crippen LogP contribution in [0.4, 0.5) is 0 Å². The fraction of sp³-hybridized carbons (Fsp3) is 0.385. The maximum Gasteiger partial charge on any atom is 0.325 e. The second kappa shape index (κ2) is 6.43. The molecule has 1 rings (SSSR count). The van der Waals surface area contributed by atoms with Gasteiger partial charge in [0.2, 0.25) is 5.91 Å². The molecule has 0 bridgehead atoms. The van der Waals surface area contributed by atoms with E-state index < -0.39 is 16.8 Å². The topological polar surface area (TPSA) is 66.4 Å². The number of halogens is 1. The van der Waals surface area contributed by atoms with Crippen LogP contribution in [0.1, 0.15) is 20.8 Å². The molecule has 0 aliphatic carbocycles. The number of nitrogens with one attached hydrogen (secondary N) is 1. The Kier molecular flexibility index (Phi) is 5.43. The number of carboxylic acids is 1. The van der Waals surface area contributed by atoms with E-state index in [2.05, 4.69) is 21.2 Å². The van der Waals surface area contributed by atoms with Crippen LogP contribution in [0.2, 0.25) is 0 Å². The summed E-state index contributed by atoms with van der Waals surface area (Å²) in [7, 11) is 0. The second-order valence-electron chi connectivity index (χ2n) is 4.60. The number of carboxylic acid groups (broad SMARTS) is 1. The average molecular weight is 346 g/mol. The Hall–Kier alpha value is -1.01. The maximum absolute atomic E-state index is 12.0. The predicted molar refractivity (Wildman–Crippen MR) is 79.3 cm³/mol. The Balaban J connectivity index is 2.72. The lowest BCUT2D eigenvalue weighted by molar-refractivity contribution is -0.141. The molecule has 2 N–H and O–H groups in total. The number of carbonyl (C=O) groups is 2. The van der Waals surface area contributed by atoms with E-state index in [1.807, 2.05) is 24.3 Å². The van der Waals surface area contributed by atoms with E-state index in [0.717, 1.165) is 9.37 Å². The smallest absolute Gasteiger partial charge is 0.325 e. The van der Waals surface area contributed by atoms with E-state index in [1.165, 1.54) is 18.7 Å². The summed E-state index contributed by atoms with van der Waals surface area (Å²) in [6.45, 7) is 4.98. The molecule has 104 valence electrons. The predicted octanol–water partition coefficient (Wildman–Crippen LogP) is 2.91. The lowest BCUT2D eigenvalue weighted by atomic mass is 10.2. The Morgan fingerprint density at radius 3 is 2.32 bits per heavy atom. The molecular formula is C13H16BrNO3S. The van der Waals surface area contributed by atoms with Crippen molar-refractivity contribution in [3.8, 4) is 0 Å². The molecule has 6 heteroatoms. The van der Waals surface area contributed by atoms with Crippen LogP contribution in [0.3, 0.4) is 0 Å². The summed E-state index contributed by atoms with van der Waals surface area (Å²) in [5, 5.41) is 11.3. The lowest BCUT2D eigenvalue weighted by Crippen LogP contribution is -2.46. The monoisotopic (exact) mass is 345 g/mol. The van der Waals surface area contributed by atoms with Crippen LogP contribution in [0.25, 0.3) is 0 Å². The van der Waals surface area contributed by atoms with E-state index >= 15 is 0 Å². The van der Waals surface area contributed by atoms with Gasteiger partial charge in [0.1, 0.15) is 6.04 Å². The summed E-state index contributed by atoms with van der Waals surface area (Å²) in [5.41, 5.74) is 0. The highest BCUT2D eigenvalue weighted by Gasteiger charge is 2.31. The van der Waals surface area contributed by atoms with Crippen LogP contribution in [0.15, 0.2) is 33.6 Å². The SMILES string of the molecule is CC(NC(=O)C(C)(C)Sc1ccc(Br)cc1)C(=O)O. The molecule has 0 aliphatic heterocycles. The zero-order valence-electron chi connectivity index (χ0n) is 10.9. The van der Waals surface area contributed by atoms with E-state index in [-0.39, 0.29) is 5.91 Å². The summed E-state index contributed by atoms with van der Waals surface area (Å²) in [6.07, 6.45) is 0. The highest BCUT2D eigenvalue weighted by molar-refractivity contribution is 9.10. The van der Waals surface area contributed by atoms with Gasteiger partial charge in [-0.1, -0.05) is 15.9 Å². The molecule has 0 radical (unpaired) electrons.